The fourth-order valence-corrected chi connectivity index (χ4v) is 1.63. The Morgan fingerprint density at radius 2 is 2.13 bits per heavy atom. The van der Waals surface area contributed by atoms with Gasteiger partial charge >= 0.3 is 6.18 Å². The van der Waals surface area contributed by atoms with Crippen molar-refractivity contribution in [2.75, 3.05) is 13.2 Å². The van der Waals surface area contributed by atoms with Gasteiger partial charge in [-0.25, -0.2) is 0 Å². The lowest BCUT2D eigenvalue weighted by Gasteiger charge is -2.35. The van der Waals surface area contributed by atoms with Crippen molar-refractivity contribution >= 4 is 5.91 Å². The molecule has 1 aliphatic heterocycles. The van der Waals surface area contributed by atoms with Crippen LogP contribution in [0.5, 0.6) is 0 Å². The smallest absolute Gasteiger partial charge is 0.331 e. The van der Waals surface area contributed by atoms with Crippen LogP contribution in [-0.2, 0) is 4.79 Å². The first-order chi connectivity index (χ1) is 6.86. The molecule has 15 heavy (non-hydrogen) atoms. The topological polar surface area (TPSA) is 20.3 Å². The maximum absolute atomic E-state index is 12.3. The highest BCUT2D eigenvalue weighted by molar-refractivity contribution is 5.77. The van der Waals surface area contributed by atoms with E-state index in [2.05, 4.69) is 0 Å². The van der Waals surface area contributed by atoms with E-state index in [1.54, 1.807) is 0 Å². The SMILES string of the molecule is CC(N1CCC(CF)CC1=O)C(F)(F)F. The number of amides is 1. The molecule has 1 amide bonds. The van der Waals surface area contributed by atoms with Gasteiger partial charge in [0.1, 0.15) is 6.04 Å². The van der Waals surface area contributed by atoms with Gasteiger partial charge in [0.05, 0.1) is 6.67 Å². The van der Waals surface area contributed by atoms with E-state index in [0.29, 0.717) is 6.42 Å². The Morgan fingerprint density at radius 1 is 1.53 bits per heavy atom. The van der Waals surface area contributed by atoms with Crippen LogP contribution in [0.25, 0.3) is 0 Å². The number of carbonyl (C=O) groups is 1. The van der Waals surface area contributed by atoms with E-state index < -0.39 is 30.7 Å². The lowest BCUT2D eigenvalue weighted by Crippen LogP contribution is -2.50. The number of halogens is 4. The summed E-state index contributed by atoms with van der Waals surface area (Å²) in [5.74, 6) is -1.01. The second-order valence-corrected chi connectivity index (χ2v) is 3.82. The number of rotatable bonds is 2. The molecule has 0 saturated carbocycles. The molecule has 0 spiro atoms. The predicted octanol–water partition coefficient (Wildman–Crippen LogP) is 2.15. The molecule has 2 unspecified atom stereocenters. The molecule has 0 aromatic rings. The molecule has 0 radical (unpaired) electrons. The number of likely N-dealkylation sites (tertiary alicyclic amines) is 1. The Hall–Kier alpha value is -0.810. The van der Waals surface area contributed by atoms with E-state index in [4.69, 9.17) is 0 Å². The van der Waals surface area contributed by atoms with Crippen LogP contribution in [-0.4, -0.2) is 36.2 Å². The third kappa shape index (κ3) is 2.82. The Kier molecular flexibility index (Phi) is 3.57. The number of hydrogen-bond acceptors (Lipinski definition) is 1. The summed E-state index contributed by atoms with van der Waals surface area (Å²) >= 11 is 0. The largest absolute Gasteiger partial charge is 0.408 e. The first-order valence-corrected chi connectivity index (χ1v) is 4.78. The van der Waals surface area contributed by atoms with Gasteiger partial charge in [-0.15, -0.1) is 0 Å². The molecule has 2 nitrogen and oxygen atoms in total. The predicted molar refractivity (Wildman–Crippen MR) is 45.9 cm³/mol. The van der Waals surface area contributed by atoms with Crippen LogP contribution in [0, 0.1) is 5.92 Å². The van der Waals surface area contributed by atoms with Crippen molar-refractivity contribution in [2.45, 2.75) is 32.0 Å². The molecule has 1 fully saturated rings. The molecule has 0 bridgehead atoms. The van der Waals surface area contributed by atoms with Crippen LogP contribution in [0.4, 0.5) is 17.6 Å². The minimum absolute atomic E-state index is 0.00586. The summed E-state index contributed by atoms with van der Waals surface area (Å²) in [6.07, 6.45) is -4.21. The highest BCUT2D eigenvalue weighted by Crippen LogP contribution is 2.28. The van der Waals surface area contributed by atoms with Crippen LogP contribution in [0.15, 0.2) is 0 Å². The van der Waals surface area contributed by atoms with Crippen molar-refractivity contribution in [3.05, 3.63) is 0 Å². The standard InChI is InChI=1S/C9H13F4NO/c1-6(9(11,12)13)14-3-2-7(5-10)4-8(14)15/h6-7H,2-5H2,1H3. The van der Waals surface area contributed by atoms with E-state index in [-0.39, 0.29) is 13.0 Å². The quantitative estimate of drug-likeness (QED) is 0.662. The first-order valence-electron chi connectivity index (χ1n) is 4.78. The molecule has 0 aliphatic carbocycles. The lowest BCUT2D eigenvalue weighted by atomic mass is 9.96. The molecule has 0 aromatic carbocycles. The minimum atomic E-state index is -4.40. The van der Waals surface area contributed by atoms with Gasteiger partial charge in [-0.2, -0.15) is 13.2 Å². The zero-order chi connectivity index (χ0) is 11.6. The van der Waals surface area contributed by atoms with Crippen LogP contribution < -0.4 is 0 Å². The van der Waals surface area contributed by atoms with Gasteiger partial charge in [-0.1, -0.05) is 0 Å². The fourth-order valence-electron chi connectivity index (χ4n) is 1.63. The van der Waals surface area contributed by atoms with Crippen molar-refractivity contribution in [3.8, 4) is 0 Å². The Morgan fingerprint density at radius 3 is 2.53 bits per heavy atom. The number of nitrogens with zero attached hydrogens (tertiary/aromatic N) is 1. The van der Waals surface area contributed by atoms with Crippen LogP contribution in [0.3, 0.4) is 0 Å². The van der Waals surface area contributed by atoms with Crippen LogP contribution in [0.2, 0.25) is 0 Å². The third-order valence-corrected chi connectivity index (χ3v) is 2.72. The van der Waals surface area contributed by atoms with Gasteiger partial charge in [0, 0.05) is 13.0 Å². The summed E-state index contributed by atoms with van der Waals surface area (Å²) in [6.45, 7) is 0.307. The van der Waals surface area contributed by atoms with Crippen molar-refractivity contribution < 1.29 is 22.4 Å². The molecule has 0 aromatic heterocycles. The van der Waals surface area contributed by atoms with Gasteiger partial charge in [0.15, 0.2) is 0 Å². The third-order valence-electron chi connectivity index (χ3n) is 2.72. The number of carbonyl (C=O) groups excluding carboxylic acids is 1. The number of piperidine rings is 1. The van der Waals surface area contributed by atoms with E-state index in [1.165, 1.54) is 0 Å². The summed E-state index contributed by atoms with van der Waals surface area (Å²) in [4.78, 5) is 12.1. The van der Waals surface area contributed by atoms with Gasteiger partial charge in [-0.3, -0.25) is 9.18 Å². The van der Waals surface area contributed by atoms with E-state index >= 15 is 0 Å². The first kappa shape index (κ1) is 12.3. The average Bonchev–Trinajstić information content (AvgIpc) is 2.15. The monoisotopic (exact) mass is 227 g/mol. The molecule has 1 saturated heterocycles. The second-order valence-electron chi connectivity index (χ2n) is 3.82. The average molecular weight is 227 g/mol. The molecule has 1 aliphatic rings. The van der Waals surface area contributed by atoms with Crippen molar-refractivity contribution in [2.24, 2.45) is 5.92 Å². The maximum atomic E-state index is 12.3. The zero-order valence-electron chi connectivity index (χ0n) is 8.35. The Bertz CT molecular complexity index is 241. The van der Waals surface area contributed by atoms with E-state index in [0.717, 1.165) is 11.8 Å². The van der Waals surface area contributed by atoms with Gasteiger partial charge in [0.2, 0.25) is 5.91 Å². The summed E-state index contributed by atoms with van der Waals surface area (Å²) < 4.78 is 49.2. The zero-order valence-corrected chi connectivity index (χ0v) is 8.35. The minimum Gasteiger partial charge on any atom is -0.331 e. The van der Waals surface area contributed by atoms with Gasteiger partial charge in [-0.05, 0) is 19.3 Å². The molecule has 2 atom stereocenters. The molecule has 88 valence electrons. The molecular formula is C9H13F4NO. The second kappa shape index (κ2) is 4.37. The molecule has 1 heterocycles. The Balaban J connectivity index is 2.62. The van der Waals surface area contributed by atoms with Crippen molar-refractivity contribution in [1.82, 2.24) is 4.90 Å². The summed E-state index contributed by atoms with van der Waals surface area (Å²) in [5.41, 5.74) is 0. The van der Waals surface area contributed by atoms with Crippen molar-refractivity contribution in [3.63, 3.8) is 0 Å². The van der Waals surface area contributed by atoms with Gasteiger partial charge < -0.3 is 4.90 Å². The normalized spacial score (nSPS) is 25.5. The number of alkyl halides is 4. The molecule has 0 N–H and O–H groups in total. The van der Waals surface area contributed by atoms with E-state index in [9.17, 15) is 22.4 Å². The summed E-state index contributed by atoms with van der Waals surface area (Å²) in [6, 6.07) is -1.77. The van der Waals surface area contributed by atoms with Gasteiger partial charge in [0.25, 0.3) is 0 Å². The molecule has 1 rings (SSSR count). The number of hydrogen-bond donors (Lipinski definition) is 0. The highest BCUT2D eigenvalue weighted by atomic mass is 19.4. The maximum Gasteiger partial charge on any atom is 0.408 e. The van der Waals surface area contributed by atoms with Crippen LogP contribution >= 0.6 is 0 Å². The summed E-state index contributed by atoms with van der Waals surface area (Å²) in [7, 11) is 0. The van der Waals surface area contributed by atoms with Crippen LogP contribution in [0.1, 0.15) is 19.8 Å². The molecular weight excluding hydrogens is 214 g/mol. The Labute approximate surface area is 85.2 Å². The lowest BCUT2D eigenvalue weighted by molar-refractivity contribution is -0.189. The summed E-state index contributed by atoms with van der Waals surface area (Å²) in [5, 5.41) is 0. The highest BCUT2D eigenvalue weighted by Gasteiger charge is 2.43. The van der Waals surface area contributed by atoms with E-state index in [1.807, 2.05) is 0 Å². The molecule has 6 heteroatoms. The fraction of sp³-hybridized carbons (Fsp3) is 0.889. The van der Waals surface area contributed by atoms with Crippen molar-refractivity contribution in [1.29, 1.82) is 0 Å².